The topological polar surface area (TPSA) is 121 Å². The first-order valence-electron chi connectivity index (χ1n) is 7.32. The lowest BCUT2D eigenvalue weighted by Crippen LogP contribution is -2.41. The highest BCUT2D eigenvalue weighted by Gasteiger charge is 2.52. The van der Waals surface area contributed by atoms with Gasteiger partial charge >= 0.3 is 7.12 Å². The molecular formula is C14H19BF3N5O2. The van der Waals surface area contributed by atoms with Crippen LogP contribution in [0.2, 0.25) is 0 Å². The molecule has 1 aromatic carbocycles. The Hall–Kier alpha value is -2.27. The third-order valence-corrected chi connectivity index (χ3v) is 4.14. The molecule has 7 nitrogen and oxygen atoms in total. The molecule has 2 rings (SSSR count). The summed E-state index contributed by atoms with van der Waals surface area (Å²) >= 11 is 0. The molecule has 1 aromatic rings. The van der Waals surface area contributed by atoms with Gasteiger partial charge in [0.1, 0.15) is 5.69 Å². The van der Waals surface area contributed by atoms with E-state index in [-0.39, 0.29) is 5.46 Å². The molecule has 1 saturated heterocycles. The molecule has 1 aliphatic heterocycles. The van der Waals surface area contributed by atoms with Gasteiger partial charge < -0.3 is 26.5 Å². The molecule has 0 amide bonds. The van der Waals surface area contributed by atoms with Crippen LogP contribution in [0.25, 0.3) is 0 Å². The normalized spacial score (nSPS) is 19.2. The molecule has 136 valence electrons. The Balaban J connectivity index is 2.61. The molecule has 25 heavy (non-hydrogen) atoms. The maximum Gasteiger partial charge on any atom is 0.497 e. The SMILES string of the molecule is CC1(C)OB(c2cc(F)c(F)c(F)c2N=C(N)N=C(N)N)OC1(C)C. The molecule has 0 saturated carbocycles. The van der Waals surface area contributed by atoms with Crippen molar-refractivity contribution in [1.82, 2.24) is 0 Å². The van der Waals surface area contributed by atoms with Crippen molar-refractivity contribution in [2.75, 3.05) is 0 Å². The highest BCUT2D eigenvalue weighted by Crippen LogP contribution is 2.37. The maximum atomic E-state index is 14.3. The van der Waals surface area contributed by atoms with E-state index in [9.17, 15) is 13.2 Å². The Bertz CT molecular complexity index is 747. The number of halogens is 3. The molecule has 1 fully saturated rings. The van der Waals surface area contributed by atoms with Gasteiger partial charge in [-0.05, 0) is 33.8 Å². The molecule has 0 radical (unpaired) electrons. The number of guanidine groups is 2. The first-order chi connectivity index (χ1) is 11.4. The Morgan fingerprint density at radius 1 is 1.00 bits per heavy atom. The second-order valence-electron chi connectivity index (χ2n) is 6.52. The minimum atomic E-state index is -1.71. The van der Waals surface area contributed by atoms with Crippen LogP contribution >= 0.6 is 0 Å². The second-order valence-corrected chi connectivity index (χ2v) is 6.52. The lowest BCUT2D eigenvalue weighted by Gasteiger charge is -2.32. The molecule has 0 atom stereocenters. The molecule has 11 heteroatoms. The predicted molar refractivity (Wildman–Crippen MR) is 89.1 cm³/mol. The van der Waals surface area contributed by atoms with E-state index in [4.69, 9.17) is 26.5 Å². The van der Waals surface area contributed by atoms with Crippen LogP contribution in [0.15, 0.2) is 16.1 Å². The van der Waals surface area contributed by atoms with E-state index >= 15 is 0 Å². The van der Waals surface area contributed by atoms with Crippen LogP contribution in [0.1, 0.15) is 27.7 Å². The third kappa shape index (κ3) is 3.56. The van der Waals surface area contributed by atoms with Crippen molar-refractivity contribution in [2.45, 2.75) is 38.9 Å². The molecule has 0 aromatic heterocycles. The zero-order chi connectivity index (χ0) is 19.2. The van der Waals surface area contributed by atoms with Gasteiger partial charge in [-0.2, -0.15) is 4.99 Å². The van der Waals surface area contributed by atoms with Crippen molar-refractivity contribution >= 4 is 30.2 Å². The summed E-state index contributed by atoms with van der Waals surface area (Å²) in [6.07, 6.45) is 0. The Morgan fingerprint density at radius 2 is 1.52 bits per heavy atom. The summed E-state index contributed by atoms with van der Waals surface area (Å²) in [5.41, 5.74) is 13.4. The zero-order valence-corrected chi connectivity index (χ0v) is 14.2. The third-order valence-electron chi connectivity index (χ3n) is 4.14. The molecule has 1 aliphatic rings. The number of benzene rings is 1. The average Bonchev–Trinajstić information content (AvgIpc) is 2.67. The lowest BCUT2D eigenvalue weighted by molar-refractivity contribution is 0.00578. The van der Waals surface area contributed by atoms with Crippen LogP contribution in [0.4, 0.5) is 18.9 Å². The van der Waals surface area contributed by atoms with Gasteiger partial charge in [0.2, 0.25) is 5.96 Å². The minimum absolute atomic E-state index is 0.177. The first kappa shape index (κ1) is 19.1. The molecule has 0 bridgehead atoms. The van der Waals surface area contributed by atoms with Crippen LogP contribution in [-0.4, -0.2) is 30.2 Å². The monoisotopic (exact) mass is 357 g/mol. The number of hydrogen-bond acceptors (Lipinski definition) is 3. The van der Waals surface area contributed by atoms with Gasteiger partial charge in [0.05, 0.1) is 11.2 Å². The van der Waals surface area contributed by atoms with E-state index in [1.165, 1.54) is 0 Å². The van der Waals surface area contributed by atoms with E-state index in [2.05, 4.69) is 9.98 Å². The van der Waals surface area contributed by atoms with Gasteiger partial charge in [-0.1, -0.05) is 0 Å². The van der Waals surface area contributed by atoms with E-state index < -0.39 is 53.4 Å². The summed E-state index contributed by atoms with van der Waals surface area (Å²) in [7, 11) is -1.19. The number of rotatable bonds is 2. The van der Waals surface area contributed by atoms with Crippen LogP contribution in [-0.2, 0) is 9.31 Å². The summed E-state index contributed by atoms with van der Waals surface area (Å²) < 4.78 is 53.1. The van der Waals surface area contributed by atoms with Gasteiger partial charge in [-0.15, -0.1) is 0 Å². The highest BCUT2D eigenvalue weighted by molar-refractivity contribution is 6.63. The highest BCUT2D eigenvalue weighted by atomic mass is 19.2. The predicted octanol–water partition coefficient (Wildman–Crippen LogP) is 0.623. The summed E-state index contributed by atoms with van der Waals surface area (Å²) in [6, 6.07) is 0.738. The van der Waals surface area contributed by atoms with Gasteiger partial charge in [0.15, 0.2) is 23.4 Å². The van der Waals surface area contributed by atoms with Crippen LogP contribution < -0.4 is 22.7 Å². The van der Waals surface area contributed by atoms with E-state index in [0.717, 1.165) is 6.07 Å². The van der Waals surface area contributed by atoms with Crippen molar-refractivity contribution in [3.63, 3.8) is 0 Å². The van der Waals surface area contributed by atoms with Crippen molar-refractivity contribution in [1.29, 1.82) is 0 Å². The van der Waals surface area contributed by atoms with Crippen molar-refractivity contribution in [2.24, 2.45) is 27.2 Å². The lowest BCUT2D eigenvalue weighted by atomic mass is 9.77. The number of nitrogens with two attached hydrogens (primary N) is 3. The van der Waals surface area contributed by atoms with E-state index in [0.29, 0.717) is 0 Å². The minimum Gasteiger partial charge on any atom is -0.399 e. The largest absolute Gasteiger partial charge is 0.497 e. The fourth-order valence-corrected chi connectivity index (χ4v) is 2.14. The Labute approximate surface area is 143 Å². The van der Waals surface area contributed by atoms with Crippen molar-refractivity contribution in [3.05, 3.63) is 23.5 Å². The average molecular weight is 357 g/mol. The first-order valence-corrected chi connectivity index (χ1v) is 7.32. The molecule has 0 aliphatic carbocycles. The van der Waals surface area contributed by atoms with Crippen molar-refractivity contribution < 1.29 is 22.5 Å². The standard InChI is InChI=1S/C14H19BF3N5O2/c1-13(2)14(3,4)25-15(24-13)6-5-7(16)8(17)9(18)10(6)22-12(21)23-11(19)20/h5H,1-4H3,(H6,19,20,21,22,23). The summed E-state index contributed by atoms with van der Waals surface area (Å²) in [6.45, 7) is 7.00. The molecule has 0 unspecified atom stereocenters. The van der Waals surface area contributed by atoms with Crippen LogP contribution in [0, 0.1) is 17.5 Å². The van der Waals surface area contributed by atoms with E-state index in [1.807, 2.05) is 0 Å². The second kappa shape index (κ2) is 6.23. The Kier molecular flexibility index (Phi) is 4.75. The van der Waals surface area contributed by atoms with Gasteiger partial charge in [0, 0.05) is 5.46 Å². The van der Waals surface area contributed by atoms with Gasteiger partial charge in [-0.3, -0.25) is 0 Å². The maximum absolute atomic E-state index is 14.3. The smallest absolute Gasteiger partial charge is 0.399 e. The number of hydrogen-bond donors (Lipinski definition) is 3. The molecule has 0 spiro atoms. The number of aliphatic imine (C=N–C) groups is 2. The van der Waals surface area contributed by atoms with Crippen molar-refractivity contribution in [3.8, 4) is 0 Å². The quantitative estimate of drug-likeness (QED) is 0.310. The van der Waals surface area contributed by atoms with Crippen LogP contribution in [0.5, 0.6) is 0 Å². The van der Waals surface area contributed by atoms with Crippen LogP contribution in [0.3, 0.4) is 0 Å². The fourth-order valence-electron chi connectivity index (χ4n) is 2.14. The Morgan fingerprint density at radius 3 is 2.00 bits per heavy atom. The molecule has 6 N–H and O–H groups in total. The fraction of sp³-hybridized carbons (Fsp3) is 0.429. The summed E-state index contributed by atoms with van der Waals surface area (Å²) in [5.74, 6) is -5.65. The number of nitrogens with zero attached hydrogens (tertiary/aromatic N) is 2. The summed E-state index contributed by atoms with van der Waals surface area (Å²) in [4.78, 5) is 7.07. The van der Waals surface area contributed by atoms with Gasteiger partial charge in [0.25, 0.3) is 0 Å². The summed E-state index contributed by atoms with van der Waals surface area (Å²) in [5, 5.41) is 0. The zero-order valence-electron chi connectivity index (χ0n) is 14.2. The molecular weight excluding hydrogens is 338 g/mol. The van der Waals surface area contributed by atoms with E-state index in [1.54, 1.807) is 27.7 Å². The molecule has 1 heterocycles. The van der Waals surface area contributed by atoms with Gasteiger partial charge in [-0.25, -0.2) is 18.2 Å².